The highest BCUT2D eigenvalue weighted by molar-refractivity contribution is 7.09. The largest absolute Gasteiger partial charge is 0.507 e. The van der Waals surface area contributed by atoms with Gasteiger partial charge in [-0.1, -0.05) is 42.5 Å². The zero-order valence-corrected chi connectivity index (χ0v) is 23.2. The van der Waals surface area contributed by atoms with Crippen LogP contribution in [0.4, 0.5) is 0 Å². The molecule has 1 atom stereocenters. The highest BCUT2D eigenvalue weighted by Gasteiger charge is 2.46. The standard InChI is InChI=1S/C32H29NO6S/c1-20-16-23(12-13-25(20)39-19-21-8-5-4-6-9-21)30(34)28-29(22-11-14-26(37-2)27(17-22)38-3)33(32(36)31(28)35)18-24-10-7-15-40-24/h4-17,29,34H,18-19H2,1-3H3/b30-28-. The molecule has 1 aliphatic heterocycles. The van der Waals surface area contributed by atoms with Crippen LogP contribution in [0.5, 0.6) is 17.2 Å². The molecule has 1 N–H and O–H groups in total. The van der Waals surface area contributed by atoms with Gasteiger partial charge < -0.3 is 24.2 Å². The number of amides is 1. The minimum atomic E-state index is -0.823. The van der Waals surface area contributed by atoms with Gasteiger partial charge in [0.25, 0.3) is 11.7 Å². The average Bonchev–Trinajstić information content (AvgIpc) is 3.58. The lowest BCUT2D eigenvalue weighted by atomic mass is 9.94. The van der Waals surface area contributed by atoms with Crippen LogP contribution in [-0.4, -0.2) is 35.9 Å². The number of aliphatic hydroxyl groups excluding tert-OH is 1. The first-order valence-electron chi connectivity index (χ1n) is 12.7. The first-order valence-corrected chi connectivity index (χ1v) is 13.6. The molecule has 3 aromatic carbocycles. The minimum absolute atomic E-state index is 0.0196. The molecule has 0 spiro atoms. The number of aliphatic hydroxyl groups is 1. The van der Waals surface area contributed by atoms with Crippen molar-refractivity contribution in [3.63, 3.8) is 0 Å². The van der Waals surface area contributed by atoms with Crippen molar-refractivity contribution in [1.29, 1.82) is 0 Å². The number of hydrogen-bond acceptors (Lipinski definition) is 7. The second kappa shape index (κ2) is 11.7. The number of likely N-dealkylation sites (tertiary alicyclic amines) is 1. The number of ketones is 1. The summed E-state index contributed by atoms with van der Waals surface area (Å²) in [5.74, 6) is -0.0228. The van der Waals surface area contributed by atoms with Crippen molar-refractivity contribution in [1.82, 2.24) is 4.90 Å². The van der Waals surface area contributed by atoms with E-state index in [1.165, 1.54) is 30.5 Å². The SMILES string of the molecule is COc1ccc(C2/C(=C(/O)c3ccc(OCc4ccccc4)c(C)c3)C(=O)C(=O)N2Cc2cccs2)cc1OC. The highest BCUT2D eigenvalue weighted by Crippen LogP contribution is 2.43. The summed E-state index contributed by atoms with van der Waals surface area (Å²) in [6.45, 7) is 2.50. The van der Waals surface area contributed by atoms with Crippen molar-refractivity contribution in [2.24, 2.45) is 0 Å². The number of benzene rings is 3. The van der Waals surface area contributed by atoms with Gasteiger partial charge in [-0.15, -0.1) is 11.3 Å². The van der Waals surface area contributed by atoms with Crippen LogP contribution in [0, 0.1) is 6.92 Å². The Morgan fingerprint density at radius 1 is 0.900 bits per heavy atom. The second-order valence-electron chi connectivity index (χ2n) is 9.38. The normalized spacial score (nSPS) is 16.3. The number of carbonyl (C=O) groups excluding carboxylic acids is 2. The fraction of sp³-hybridized carbons (Fsp3) is 0.188. The monoisotopic (exact) mass is 555 g/mol. The number of thiophene rings is 1. The molecule has 1 saturated heterocycles. The van der Waals surface area contributed by atoms with Crippen molar-refractivity contribution >= 4 is 28.8 Å². The summed E-state index contributed by atoms with van der Waals surface area (Å²) in [6, 6.07) is 23.3. The van der Waals surface area contributed by atoms with Crippen LogP contribution in [0.3, 0.4) is 0 Å². The lowest BCUT2D eigenvalue weighted by Crippen LogP contribution is -2.28. The maximum atomic E-state index is 13.4. The Morgan fingerprint density at radius 3 is 2.33 bits per heavy atom. The minimum Gasteiger partial charge on any atom is -0.507 e. The Hall–Kier alpha value is -4.56. The predicted octanol–water partition coefficient (Wildman–Crippen LogP) is 6.27. The number of carbonyl (C=O) groups is 2. The lowest BCUT2D eigenvalue weighted by molar-refractivity contribution is -0.140. The van der Waals surface area contributed by atoms with E-state index in [1.807, 2.05) is 54.8 Å². The third kappa shape index (κ3) is 5.31. The molecule has 1 aromatic heterocycles. The van der Waals surface area contributed by atoms with Crippen LogP contribution in [0.25, 0.3) is 5.76 Å². The van der Waals surface area contributed by atoms with Gasteiger partial charge in [0.1, 0.15) is 18.1 Å². The molecule has 7 nitrogen and oxygen atoms in total. The molecule has 4 aromatic rings. The number of aryl methyl sites for hydroxylation is 1. The molecular weight excluding hydrogens is 526 g/mol. The number of hydrogen-bond donors (Lipinski definition) is 1. The van der Waals surface area contributed by atoms with Crippen LogP contribution in [0.15, 0.2) is 89.8 Å². The first kappa shape index (κ1) is 27.0. The van der Waals surface area contributed by atoms with Gasteiger partial charge in [0.15, 0.2) is 11.5 Å². The van der Waals surface area contributed by atoms with E-state index >= 15 is 0 Å². The molecule has 0 radical (unpaired) electrons. The van der Waals surface area contributed by atoms with E-state index in [-0.39, 0.29) is 17.9 Å². The Kier molecular flexibility index (Phi) is 7.89. The lowest BCUT2D eigenvalue weighted by Gasteiger charge is -2.25. The van der Waals surface area contributed by atoms with Gasteiger partial charge in [0, 0.05) is 10.4 Å². The third-order valence-corrected chi connectivity index (χ3v) is 7.72. The zero-order chi connectivity index (χ0) is 28.2. The van der Waals surface area contributed by atoms with E-state index in [9.17, 15) is 14.7 Å². The van der Waals surface area contributed by atoms with E-state index in [2.05, 4.69) is 0 Å². The second-order valence-corrected chi connectivity index (χ2v) is 10.4. The van der Waals surface area contributed by atoms with Crippen LogP contribution in [0.2, 0.25) is 0 Å². The maximum Gasteiger partial charge on any atom is 0.295 e. The summed E-state index contributed by atoms with van der Waals surface area (Å²) >= 11 is 1.49. The molecule has 204 valence electrons. The topological polar surface area (TPSA) is 85.3 Å². The molecular formula is C32H29NO6S. The molecule has 0 bridgehead atoms. The molecule has 1 fully saturated rings. The molecule has 2 heterocycles. The van der Waals surface area contributed by atoms with Gasteiger partial charge in [-0.3, -0.25) is 9.59 Å². The third-order valence-electron chi connectivity index (χ3n) is 6.86. The zero-order valence-electron chi connectivity index (χ0n) is 22.4. The van der Waals surface area contributed by atoms with Gasteiger partial charge >= 0.3 is 0 Å². The predicted molar refractivity (Wildman–Crippen MR) is 154 cm³/mol. The summed E-state index contributed by atoms with van der Waals surface area (Å²) in [4.78, 5) is 29.2. The molecule has 8 heteroatoms. The maximum absolute atomic E-state index is 13.4. The number of methoxy groups -OCH3 is 2. The summed E-state index contributed by atoms with van der Waals surface area (Å²) in [5.41, 5.74) is 2.88. The van der Waals surface area contributed by atoms with E-state index in [0.717, 1.165) is 16.0 Å². The van der Waals surface area contributed by atoms with Gasteiger partial charge in [0.2, 0.25) is 0 Å². The first-order chi connectivity index (χ1) is 19.4. The molecule has 1 aliphatic rings. The van der Waals surface area contributed by atoms with Gasteiger partial charge in [-0.05, 0) is 65.4 Å². The Balaban J connectivity index is 1.55. The molecule has 1 unspecified atom stereocenters. The molecule has 5 rings (SSSR count). The smallest absolute Gasteiger partial charge is 0.295 e. The van der Waals surface area contributed by atoms with Gasteiger partial charge in [-0.25, -0.2) is 0 Å². The number of Topliss-reactive ketones (excluding diaryl/α,β-unsaturated/α-hetero) is 1. The Labute approximate surface area is 236 Å². The number of ether oxygens (including phenoxy) is 3. The number of nitrogens with zero attached hydrogens (tertiary/aromatic N) is 1. The van der Waals surface area contributed by atoms with Crippen LogP contribution in [-0.2, 0) is 22.7 Å². The fourth-order valence-corrected chi connectivity index (χ4v) is 5.54. The van der Waals surface area contributed by atoms with Crippen molar-refractivity contribution in [3.8, 4) is 17.2 Å². The van der Waals surface area contributed by atoms with E-state index in [1.54, 1.807) is 36.4 Å². The van der Waals surface area contributed by atoms with E-state index < -0.39 is 17.7 Å². The van der Waals surface area contributed by atoms with Crippen LogP contribution >= 0.6 is 11.3 Å². The van der Waals surface area contributed by atoms with Crippen LogP contribution in [0.1, 0.15) is 33.2 Å². The Morgan fingerprint density at radius 2 is 1.65 bits per heavy atom. The summed E-state index contributed by atoms with van der Waals surface area (Å²) in [7, 11) is 3.06. The van der Waals surface area contributed by atoms with Crippen molar-refractivity contribution in [3.05, 3.63) is 117 Å². The Bertz CT molecular complexity index is 1560. The summed E-state index contributed by atoms with van der Waals surface area (Å²) in [6.07, 6.45) is 0. The van der Waals surface area contributed by atoms with Gasteiger partial charge in [-0.2, -0.15) is 0 Å². The molecule has 0 saturated carbocycles. The van der Waals surface area contributed by atoms with E-state index in [4.69, 9.17) is 14.2 Å². The summed E-state index contributed by atoms with van der Waals surface area (Å²) < 4.78 is 16.9. The highest BCUT2D eigenvalue weighted by atomic mass is 32.1. The van der Waals surface area contributed by atoms with Crippen molar-refractivity contribution in [2.45, 2.75) is 26.1 Å². The molecule has 1 amide bonds. The summed E-state index contributed by atoms with van der Waals surface area (Å²) in [5, 5.41) is 13.4. The molecule has 40 heavy (non-hydrogen) atoms. The number of rotatable bonds is 9. The van der Waals surface area contributed by atoms with Crippen molar-refractivity contribution < 1.29 is 28.9 Å². The van der Waals surface area contributed by atoms with Gasteiger partial charge in [0.05, 0.1) is 32.4 Å². The van der Waals surface area contributed by atoms with E-state index in [0.29, 0.717) is 35.0 Å². The quantitative estimate of drug-likeness (QED) is 0.149. The van der Waals surface area contributed by atoms with Crippen molar-refractivity contribution in [2.75, 3.05) is 14.2 Å². The molecule has 0 aliphatic carbocycles. The average molecular weight is 556 g/mol. The fourth-order valence-electron chi connectivity index (χ4n) is 4.83. The van der Waals surface area contributed by atoms with Crippen LogP contribution < -0.4 is 14.2 Å².